The van der Waals surface area contributed by atoms with Crippen LogP contribution in [0.3, 0.4) is 0 Å². The number of nitrogens with two attached hydrogens (primary N) is 1. The summed E-state index contributed by atoms with van der Waals surface area (Å²) in [6.45, 7) is 3.38. The van der Waals surface area contributed by atoms with Crippen LogP contribution in [0.25, 0.3) is 0 Å². The van der Waals surface area contributed by atoms with Crippen molar-refractivity contribution in [2.24, 2.45) is 5.84 Å². The highest BCUT2D eigenvalue weighted by Crippen LogP contribution is 2.06. The predicted molar refractivity (Wildman–Crippen MR) is 78.0 cm³/mol. The zero-order valence-corrected chi connectivity index (χ0v) is 11.8. The number of aromatic nitrogens is 2. The van der Waals surface area contributed by atoms with Crippen molar-refractivity contribution in [3.63, 3.8) is 0 Å². The van der Waals surface area contributed by atoms with Crippen molar-refractivity contribution >= 4 is 5.91 Å². The molecule has 0 saturated carbocycles. The van der Waals surface area contributed by atoms with Gasteiger partial charge in [-0.15, -0.1) is 0 Å². The summed E-state index contributed by atoms with van der Waals surface area (Å²) >= 11 is 0. The number of nitrogens with zero attached hydrogens (tertiary/aromatic N) is 1. The first-order chi connectivity index (χ1) is 9.93. The van der Waals surface area contributed by atoms with E-state index in [1.165, 1.54) is 4.68 Å². The lowest BCUT2D eigenvalue weighted by Crippen LogP contribution is -2.33. The van der Waals surface area contributed by atoms with E-state index >= 15 is 0 Å². The fourth-order valence-corrected chi connectivity index (χ4v) is 1.98. The van der Waals surface area contributed by atoms with Gasteiger partial charge in [0.1, 0.15) is 0 Å². The third-order valence-electron chi connectivity index (χ3n) is 3.37. The maximum Gasteiger partial charge on any atom is 0.268 e. The number of benzene rings is 1. The average Bonchev–Trinajstić information content (AvgIpc) is 2.50. The average molecular weight is 288 g/mol. The number of hydrogen-bond donors (Lipinski definition) is 3. The summed E-state index contributed by atoms with van der Waals surface area (Å²) in [6, 6.07) is 6.66. The molecule has 0 atom stereocenters. The molecule has 1 amide bonds. The van der Waals surface area contributed by atoms with E-state index < -0.39 is 5.91 Å². The number of rotatable bonds is 3. The maximum absolute atomic E-state index is 12.1. The van der Waals surface area contributed by atoms with Gasteiger partial charge in [0.2, 0.25) is 0 Å². The van der Waals surface area contributed by atoms with Crippen LogP contribution in [0.5, 0.6) is 0 Å². The van der Waals surface area contributed by atoms with Crippen LogP contribution in [0.4, 0.5) is 0 Å². The lowest BCUT2D eigenvalue weighted by molar-refractivity contribution is 0.0953. The molecular weight excluding hydrogens is 272 g/mol. The maximum atomic E-state index is 12.1. The number of amides is 1. The number of carbonyl (C=O) groups excluding carboxylic acids is 1. The minimum Gasteiger partial charge on any atom is -0.290 e. The molecule has 110 valence electrons. The molecule has 0 fully saturated rings. The van der Waals surface area contributed by atoms with Crippen LogP contribution in [-0.4, -0.2) is 15.7 Å². The van der Waals surface area contributed by atoms with Crippen LogP contribution < -0.4 is 22.4 Å². The zero-order chi connectivity index (χ0) is 15.6. The van der Waals surface area contributed by atoms with Crippen LogP contribution in [0.2, 0.25) is 0 Å². The summed E-state index contributed by atoms with van der Waals surface area (Å²) in [5.41, 5.74) is 3.39. The lowest BCUT2D eigenvalue weighted by atomic mass is 10.1. The Kier molecular flexibility index (Phi) is 4.04. The Balaban J connectivity index is 2.42. The van der Waals surface area contributed by atoms with Gasteiger partial charge in [0.05, 0.1) is 6.54 Å². The molecule has 7 nitrogen and oxygen atoms in total. The number of nitrogen functional groups attached to an aromatic ring is 1. The molecule has 0 aliphatic heterocycles. The summed E-state index contributed by atoms with van der Waals surface area (Å²) in [4.78, 5) is 35.3. The van der Waals surface area contributed by atoms with Crippen molar-refractivity contribution in [2.75, 3.05) is 0 Å². The molecule has 2 rings (SSSR count). The third kappa shape index (κ3) is 2.92. The molecule has 1 aromatic carbocycles. The molecule has 7 heteroatoms. The third-order valence-corrected chi connectivity index (χ3v) is 3.37. The minimum atomic E-state index is -0.419. The number of nitrogens with one attached hydrogen (secondary N) is 2. The smallest absolute Gasteiger partial charge is 0.268 e. The molecule has 1 aromatic heterocycles. The molecular formula is C14H16N4O3. The van der Waals surface area contributed by atoms with Crippen molar-refractivity contribution in [3.8, 4) is 0 Å². The van der Waals surface area contributed by atoms with E-state index in [-0.39, 0.29) is 17.7 Å². The highest BCUT2D eigenvalue weighted by molar-refractivity contribution is 5.93. The van der Waals surface area contributed by atoms with Gasteiger partial charge in [-0.05, 0) is 31.5 Å². The normalized spacial score (nSPS) is 10.4. The van der Waals surface area contributed by atoms with E-state index in [9.17, 15) is 14.4 Å². The summed E-state index contributed by atoms with van der Waals surface area (Å²) in [5, 5.41) is 2.52. The van der Waals surface area contributed by atoms with Gasteiger partial charge in [-0.25, -0.2) is 10.5 Å². The van der Waals surface area contributed by atoms with Gasteiger partial charge >= 0.3 is 0 Å². The topological polar surface area (TPSA) is 110 Å². The highest BCUT2D eigenvalue weighted by atomic mass is 16.2. The predicted octanol–water partition coefficient (Wildman–Crippen LogP) is -0.195. The number of H-pyrrole nitrogens is 1. The fraction of sp³-hybridized carbons (Fsp3) is 0.214. The molecule has 0 aliphatic carbocycles. The first-order valence-electron chi connectivity index (χ1n) is 6.34. The molecule has 0 spiro atoms. The van der Waals surface area contributed by atoms with Crippen molar-refractivity contribution in [3.05, 3.63) is 67.2 Å². The van der Waals surface area contributed by atoms with Gasteiger partial charge < -0.3 is 0 Å². The molecule has 0 saturated heterocycles. The Morgan fingerprint density at radius 3 is 2.67 bits per heavy atom. The second-order valence-electron chi connectivity index (χ2n) is 4.76. The molecule has 0 radical (unpaired) electrons. The number of hydrogen-bond acceptors (Lipinski definition) is 4. The monoisotopic (exact) mass is 288 g/mol. The second-order valence-corrected chi connectivity index (χ2v) is 4.76. The van der Waals surface area contributed by atoms with Gasteiger partial charge in [-0.1, -0.05) is 12.1 Å². The van der Waals surface area contributed by atoms with Crippen molar-refractivity contribution < 1.29 is 4.79 Å². The Hall–Kier alpha value is -2.67. The van der Waals surface area contributed by atoms with Gasteiger partial charge in [-0.3, -0.25) is 24.9 Å². The van der Waals surface area contributed by atoms with Crippen molar-refractivity contribution in [1.29, 1.82) is 0 Å². The van der Waals surface area contributed by atoms with E-state index in [1.807, 2.05) is 5.43 Å². The van der Waals surface area contributed by atoms with E-state index in [0.29, 0.717) is 22.3 Å². The zero-order valence-electron chi connectivity index (χ0n) is 11.8. The van der Waals surface area contributed by atoms with Crippen LogP contribution in [-0.2, 0) is 6.54 Å². The van der Waals surface area contributed by atoms with Gasteiger partial charge in [-0.2, -0.15) is 0 Å². The minimum absolute atomic E-state index is 0.168. The van der Waals surface area contributed by atoms with Crippen LogP contribution >= 0.6 is 0 Å². The van der Waals surface area contributed by atoms with E-state index in [2.05, 4.69) is 5.10 Å². The van der Waals surface area contributed by atoms with Crippen molar-refractivity contribution in [1.82, 2.24) is 15.2 Å². The number of carbonyl (C=O) groups is 1. The molecule has 0 bridgehead atoms. The van der Waals surface area contributed by atoms with E-state index in [0.717, 1.165) is 0 Å². The Labute approximate surface area is 120 Å². The van der Waals surface area contributed by atoms with Crippen molar-refractivity contribution in [2.45, 2.75) is 20.4 Å². The standard InChI is InChI=1S/C14H16N4O3/c1-8-9(2)14(21)18(17-12(8)19)7-10-4-3-5-11(6-10)13(20)16-15/h3-6H,7,15H2,1-2H3,(H,16,20)(H,17,19). The van der Waals surface area contributed by atoms with E-state index in [4.69, 9.17) is 5.84 Å². The summed E-state index contributed by atoms with van der Waals surface area (Å²) < 4.78 is 1.23. The number of aromatic amines is 1. The largest absolute Gasteiger partial charge is 0.290 e. The molecule has 21 heavy (non-hydrogen) atoms. The summed E-state index contributed by atoms with van der Waals surface area (Å²) in [7, 11) is 0. The Morgan fingerprint density at radius 1 is 1.29 bits per heavy atom. The first-order valence-corrected chi connectivity index (χ1v) is 6.34. The molecule has 4 N–H and O–H groups in total. The van der Waals surface area contributed by atoms with Gasteiger partial charge in [0.25, 0.3) is 17.0 Å². The molecule has 2 aromatic rings. The van der Waals surface area contributed by atoms with Crippen LogP contribution in [0.15, 0.2) is 33.9 Å². The van der Waals surface area contributed by atoms with Gasteiger partial charge in [0.15, 0.2) is 0 Å². The van der Waals surface area contributed by atoms with Crippen LogP contribution in [0.1, 0.15) is 27.0 Å². The van der Waals surface area contributed by atoms with Crippen LogP contribution in [0, 0.1) is 13.8 Å². The summed E-state index contributed by atoms with van der Waals surface area (Å²) in [6.07, 6.45) is 0. The quantitative estimate of drug-likeness (QED) is 0.413. The molecule has 0 unspecified atom stereocenters. The first kappa shape index (κ1) is 14.7. The Morgan fingerprint density at radius 2 is 2.00 bits per heavy atom. The van der Waals surface area contributed by atoms with E-state index in [1.54, 1.807) is 38.1 Å². The Bertz CT molecular complexity index is 805. The lowest BCUT2D eigenvalue weighted by Gasteiger charge is -2.09. The molecule has 0 aliphatic rings. The second kappa shape index (κ2) is 5.76. The molecule has 1 heterocycles. The van der Waals surface area contributed by atoms with Gasteiger partial charge in [0, 0.05) is 16.7 Å². The SMILES string of the molecule is Cc1c(C)c(=O)n(Cc2cccc(C(=O)NN)c2)[nH]c1=O. The fourth-order valence-electron chi connectivity index (χ4n) is 1.98. The number of hydrazine groups is 1. The summed E-state index contributed by atoms with van der Waals surface area (Å²) in [5.74, 6) is 4.67. The highest BCUT2D eigenvalue weighted by Gasteiger charge is 2.09.